The first-order valence-electron chi connectivity index (χ1n) is 10.4. The summed E-state index contributed by atoms with van der Waals surface area (Å²) in [6.07, 6.45) is 3.20. The number of aliphatic hydroxyl groups excluding tert-OH is 1. The number of carbonyl (C=O) groups excluding carboxylic acids is 2. The van der Waals surface area contributed by atoms with Crippen molar-refractivity contribution in [1.29, 1.82) is 0 Å². The lowest BCUT2D eigenvalue weighted by molar-refractivity contribution is -0.132. The van der Waals surface area contributed by atoms with Crippen LogP contribution in [0.4, 0.5) is 5.69 Å². The van der Waals surface area contributed by atoms with E-state index in [-0.39, 0.29) is 11.3 Å². The standard InChI is InChI=1S/C26H24N2O5/c1-15-12-21(33-4)16(2)11-20(15)24(29)22-23(17-7-6-10-27-14-17)28(26(31)25(22)30)18-8-5-9-19(13-18)32-3/h5-14,23,29H,1-4H3/b24-22+. The number of pyridine rings is 1. The van der Waals surface area contributed by atoms with E-state index in [9.17, 15) is 14.7 Å². The smallest absolute Gasteiger partial charge is 0.300 e. The van der Waals surface area contributed by atoms with Gasteiger partial charge in [0, 0.05) is 29.7 Å². The summed E-state index contributed by atoms with van der Waals surface area (Å²) in [7, 11) is 3.10. The fourth-order valence-electron chi connectivity index (χ4n) is 4.12. The molecule has 7 nitrogen and oxygen atoms in total. The van der Waals surface area contributed by atoms with Gasteiger partial charge >= 0.3 is 0 Å². The minimum atomic E-state index is -0.854. The van der Waals surface area contributed by atoms with E-state index in [1.54, 1.807) is 68.0 Å². The Kier molecular flexibility index (Phi) is 5.87. The average Bonchev–Trinajstić information content (AvgIpc) is 3.10. The van der Waals surface area contributed by atoms with Gasteiger partial charge < -0.3 is 14.6 Å². The number of carbonyl (C=O) groups is 2. The minimum absolute atomic E-state index is 0.00323. The van der Waals surface area contributed by atoms with Crippen LogP contribution in [0.1, 0.15) is 28.3 Å². The number of aryl methyl sites for hydroxylation is 2. The van der Waals surface area contributed by atoms with Gasteiger partial charge in [-0.05, 0) is 60.9 Å². The second-order valence-corrected chi connectivity index (χ2v) is 7.79. The molecule has 33 heavy (non-hydrogen) atoms. The van der Waals surface area contributed by atoms with Crippen LogP contribution in [0, 0.1) is 13.8 Å². The van der Waals surface area contributed by atoms with Gasteiger partial charge in [0.15, 0.2) is 0 Å². The lowest BCUT2D eigenvalue weighted by Crippen LogP contribution is -2.29. The van der Waals surface area contributed by atoms with Gasteiger partial charge in [-0.25, -0.2) is 0 Å². The molecule has 0 saturated carbocycles. The van der Waals surface area contributed by atoms with Crippen molar-refractivity contribution >= 4 is 23.1 Å². The predicted molar refractivity (Wildman–Crippen MR) is 124 cm³/mol. The van der Waals surface area contributed by atoms with E-state index < -0.39 is 17.7 Å². The van der Waals surface area contributed by atoms with Crippen molar-refractivity contribution in [2.75, 3.05) is 19.1 Å². The number of Topliss-reactive ketones (excluding diaryl/α,β-unsaturated/α-hetero) is 1. The summed E-state index contributed by atoms with van der Waals surface area (Å²) in [4.78, 5) is 32.1. The van der Waals surface area contributed by atoms with Crippen LogP contribution in [0.15, 0.2) is 66.5 Å². The van der Waals surface area contributed by atoms with Crippen molar-refractivity contribution in [2.24, 2.45) is 0 Å². The molecule has 0 aliphatic carbocycles. The van der Waals surface area contributed by atoms with E-state index in [0.717, 1.165) is 5.56 Å². The Morgan fingerprint density at radius 3 is 2.45 bits per heavy atom. The summed E-state index contributed by atoms with van der Waals surface area (Å²) in [5, 5.41) is 11.4. The normalized spacial score (nSPS) is 17.3. The van der Waals surface area contributed by atoms with Gasteiger partial charge in [0.05, 0.1) is 25.8 Å². The zero-order valence-electron chi connectivity index (χ0n) is 18.8. The molecule has 2 aromatic carbocycles. The first kappa shape index (κ1) is 22.1. The molecule has 1 atom stereocenters. The molecular weight excluding hydrogens is 420 g/mol. The van der Waals surface area contributed by atoms with Crippen LogP contribution in [0.2, 0.25) is 0 Å². The third-order valence-electron chi connectivity index (χ3n) is 5.77. The van der Waals surface area contributed by atoms with E-state index in [4.69, 9.17) is 9.47 Å². The molecule has 1 unspecified atom stereocenters. The number of ketones is 1. The van der Waals surface area contributed by atoms with Crippen LogP contribution in [0.5, 0.6) is 11.5 Å². The van der Waals surface area contributed by atoms with Crippen molar-refractivity contribution in [3.63, 3.8) is 0 Å². The van der Waals surface area contributed by atoms with Crippen molar-refractivity contribution in [1.82, 2.24) is 4.98 Å². The van der Waals surface area contributed by atoms with Crippen LogP contribution in [-0.2, 0) is 9.59 Å². The van der Waals surface area contributed by atoms with Crippen molar-refractivity contribution in [3.05, 3.63) is 88.8 Å². The second-order valence-electron chi connectivity index (χ2n) is 7.79. The number of anilines is 1. The fraction of sp³-hybridized carbons (Fsp3) is 0.192. The third-order valence-corrected chi connectivity index (χ3v) is 5.77. The van der Waals surface area contributed by atoms with Gasteiger partial charge in [-0.15, -0.1) is 0 Å². The first-order chi connectivity index (χ1) is 15.9. The highest BCUT2D eigenvalue weighted by molar-refractivity contribution is 6.51. The third kappa shape index (κ3) is 3.82. The molecule has 1 amide bonds. The van der Waals surface area contributed by atoms with Crippen LogP contribution in [-0.4, -0.2) is 36.0 Å². The number of aliphatic hydroxyl groups is 1. The number of amides is 1. The van der Waals surface area contributed by atoms with Crippen LogP contribution >= 0.6 is 0 Å². The number of benzene rings is 2. The molecule has 1 aromatic heterocycles. The Hall–Kier alpha value is -4.13. The Labute approximate surface area is 191 Å². The lowest BCUT2D eigenvalue weighted by atomic mass is 9.93. The molecule has 1 N–H and O–H groups in total. The summed E-state index contributed by atoms with van der Waals surface area (Å²) in [5.74, 6) is -0.528. The summed E-state index contributed by atoms with van der Waals surface area (Å²) in [6, 6.07) is 13.1. The van der Waals surface area contributed by atoms with Crippen molar-refractivity contribution in [2.45, 2.75) is 19.9 Å². The SMILES string of the molecule is COc1cccc(N2C(=O)C(=O)/C(=C(/O)c3cc(C)c(OC)cc3C)C2c2cccnc2)c1. The predicted octanol–water partition coefficient (Wildman–Crippen LogP) is 4.34. The number of rotatable bonds is 5. The maximum atomic E-state index is 13.3. The molecule has 1 aliphatic heterocycles. The number of nitrogens with zero attached hydrogens (tertiary/aromatic N) is 2. The van der Waals surface area contributed by atoms with E-state index in [2.05, 4.69) is 4.98 Å². The van der Waals surface area contributed by atoms with Crippen molar-refractivity contribution in [3.8, 4) is 11.5 Å². The van der Waals surface area contributed by atoms with Gasteiger partial charge in [-0.2, -0.15) is 0 Å². The zero-order chi connectivity index (χ0) is 23.7. The van der Waals surface area contributed by atoms with E-state index in [1.165, 1.54) is 12.0 Å². The van der Waals surface area contributed by atoms with Gasteiger partial charge in [0.2, 0.25) is 0 Å². The molecule has 1 aliphatic rings. The highest BCUT2D eigenvalue weighted by Gasteiger charge is 2.47. The number of methoxy groups -OCH3 is 2. The van der Waals surface area contributed by atoms with Gasteiger partial charge in [0.1, 0.15) is 17.3 Å². The molecule has 3 aromatic rings. The number of aromatic nitrogens is 1. The van der Waals surface area contributed by atoms with E-state index >= 15 is 0 Å². The molecule has 1 saturated heterocycles. The maximum Gasteiger partial charge on any atom is 0.300 e. The van der Waals surface area contributed by atoms with Crippen LogP contribution < -0.4 is 14.4 Å². The molecule has 1 fully saturated rings. The largest absolute Gasteiger partial charge is 0.507 e. The highest BCUT2D eigenvalue weighted by atomic mass is 16.5. The quantitative estimate of drug-likeness (QED) is 0.358. The Morgan fingerprint density at radius 2 is 1.79 bits per heavy atom. The summed E-state index contributed by atoms with van der Waals surface area (Å²) in [6.45, 7) is 3.66. The Balaban J connectivity index is 1.96. The second kappa shape index (κ2) is 8.78. The molecule has 168 valence electrons. The number of hydrogen-bond acceptors (Lipinski definition) is 6. The van der Waals surface area contributed by atoms with Gasteiger partial charge in [0.25, 0.3) is 11.7 Å². The number of hydrogen-bond donors (Lipinski definition) is 1. The number of ether oxygens (including phenoxy) is 2. The minimum Gasteiger partial charge on any atom is -0.507 e. The molecule has 4 rings (SSSR count). The van der Waals surface area contributed by atoms with E-state index in [1.807, 2.05) is 13.8 Å². The molecule has 0 radical (unpaired) electrons. The fourth-order valence-corrected chi connectivity index (χ4v) is 4.12. The van der Waals surface area contributed by atoms with Gasteiger partial charge in [-0.3, -0.25) is 19.5 Å². The highest BCUT2D eigenvalue weighted by Crippen LogP contribution is 2.43. The van der Waals surface area contributed by atoms with Crippen LogP contribution in [0.25, 0.3) is 5.76 Å². The van der Waals surface area contributed by atoms with Crippen LogP contribution in [0.3, 0.4) is 0 Å². The Bertz CT molecular complexity index is 1270. The molecule has 0 spiro atoms. The Morgan fingerprint density at radius 1 is 1.00 bits per heavy atom. The maximum absolute atomic E-state index is 13.3. The summed E-state index contributed by atoms with van der Waals surface area (Å²) >= 11 is 0. The van der Waals surface area contributed by atoms with Crippen molar-refractivity contribution < 1.29 is 24.2 Å². The zero-order valence-corrected chi connectivity index (χ0v) is 18.8. The molecular formula is C26H24N2O5. The first-order valence-corrected chi connectivity index (χ1v) is 10.4. The summed E-state index contributed by atoms with van der Waals surface area (Å²) in [5.41, 5.74) is 3.06. The monoisotopic (exact) mass is 444 g/mol. The average molecular weight is 444 g/mol. The lowest BCUT2D eigenvalue weighted by Gasteiger charge is -2.25. The topological polar surface area (TPSA) is 89.0 Å². The summed E-state index contributed by atoms with van der Waals surface area (Å²) < 4.78 is 10.7. The van der Waals surface area contributed by atoms with Gasteiger partial charge in [-0.1, -0.05) is 12.1 Å². The van der Waals surface area contributed by atoms with E-state index in [0.29, 0.717) is 33.9 Å². The molecule has 7 heteroatoms. The molecule has 0 bridgehead atoms. The molecule has 2 heterocycles.